The number of methoxy groups -OCH3 is 1. The number of halogens is 1. The fourth-order valence-corrected chi connectivity index (χ4v) is 3.98. The lowest BCUT2D eigenvalue weighted by molar-refractivity contribution is -0.107. The number of fused-ring (bicyclic) bond motifs is 1. The number of hydrogen-bond acceptors (Lipinski definition) is 6. The Labute approximate surface area is 199 Å². The second-order valence-corrected chi connectivity index (χ2v) is 8.07. The SMILES string of the molecule is C=C/C(=C\N(C)C)c1cc2c(N(C)c3c(F)cncc3CC)c(N(C)C=O)cnc2cc1OC. The molecule has 0 atom stereocenters. The third kappa shape index (κ3) is 4.57. The van der Waals surface area contributed by atoms with E-state index in [1.54, 1.807) is 44.6 Å². The summed E-state index contributed by atoms with van der Waals surface area (Å²) in [4.78, 5) is 25.4. The zero-order valence-corrected chi connectivity index (χ0v) is 20.5. The van der Waals surface area contributed by atoms with Gasteiger partial charge in [0, 0.05) is 63.2 Å². The molecule has 0 fully saturated rings. The van der Waals surface area contributed by atoms with Crippen LogP contribution in [0.5, 0.6) is 5.75 Å². The van der Waals surface area contributed by atoms with Crippen molar-refractivity contribution in [2.75, 3.05) is 45.1 Å². The topological polar surface area (TPSA) is 61.8 Å². The lowest BCUT2D eigenvalue weighted by Gasteiger charge is -2.28. The fraction of sp³-hybridized carbons (Fsp3) is 0.269. The number of aromatic nitrogens is 2. The fourth-order valence-electron chi connectivity index (χ4n) is 3.98. The molecule has 0 bridgehead atoms. The van der Waals surface area contributed by atoms with Gasteiger partial charge in [-0.05, 0) is 18.1 Å². The lowest BCUT2D eigenvalue weighted by Crippen LogP contribution is -2.21. The van der Waals surface area contributed by atoms with E-state index in [0.29, 0.717) is 41.2 Å². The van der Waals surface area contributed by atoms with Crippen LogP contribution >= 0.6 is 0 Å². The number of anilines is 3. The number of pyridine rings is 2. The molecular weight excluding hydrogens is 433 g/mol. The predicted molar refractivity (Wildman–Crippen MR) is 136 cm³/mol. The molecule has 8 heteroatoms. The highest BCUT2D eigenvalue weighted by Gasteiger charge is 2.23. The average Bonchev–Trinajstić information content (AvgIpc) is 2.84. The molecule has 0 unspecified atom stereocenters. The summed E-state index contributed by atoms with van der Waals surface area (Å²) in [6, 6.07) is 3.78. The normalized spacial score (nSPS) is 11.3. The van der Waals surface area contributed by atoms with Gasteiger partial charge in [0.25, 0.3) is 0 Å². The van der Waals surface area contributed by atoms with E-state index in [0.717, 1.165) is 22.1 Å². The molecule has 1 amide bonds. The van der Waals surface area contributed by atoms with E-state index < -0.39 is 5.82 Å². The molecule has 0 N–H and O–H groups in total. The highest BCUT2D eigenvalue weighted by Crippen LogP contribution is 2.43. The number of ether oxygens (including phenoxy) is 1. The highest BCUT2D eigenvalue weighted by atomic mass is 19.1. The zero-order valence-electron chi connectivity index (χ0n) is 20.5. The van der Waals surface area contributed by atoms with Crippen LogP contribution in [0.1, 0.15) is 18.1 Å². The van der Waals surface area contributed by atoms with Crippen LogP contribution in [0.25, 0.3) is 16.5 Å². The molecule has 0 spiro atoms. The number of benzene rings is 1. The van der Waals surface area contributed by atoms with Gasteiger partial charge in [-0.25, -0.2) is 4.39 Å². The summed E-state index contributed by atoms with van der Waals surface area (Å²) in [5.74, 6) is 0.182. The largest absolute Gasteiger partial charge is 0.496 e. The van der Waals surface area contributed by atoms with Crippen molar-refractivity contribution in [1.82, 2.24) is 14.9 Å². The number of nitrogens with zero attached hydrogens (tertiary/aromatic N) is 5. The summed E-state index contributed by atoms with van der Waals surface area (Å²) >= 11 is 0. The Morgan fingerprint density at radius 3 is 2.47 bits per heavy atom. The lowest BCUT2D eigenvalue weighted by atomic mass is 10.00. The van der Waals surface area contributed by atoms with Crippen molar-refractivity contribution in [3.8, 4) is 5.75 Å². The summed E-state index contributed by atoms with van der Waals surface area (Å²) in [5.41, 5.74) is 4.61. The van der Waals surface area contributed by atoms with Crippen molar-refractivity contribution in [3.63, 3.8) is 0 Å². The van der Waals surface area contributed by atoms with Crippen molar-refractivity contribution in [1.29, 1.82) is 0 Å². The van der Waals surface area contributed by atoms with E-state index in [2.05, 4.69) is 16.5 Å². The zero-order chi connectivity index (χ0) is 25.0. The minimum Gasteiger partial charge on any atom is -0.496 e. The van der Waals surface area contributed by atoms with E-state index in [1.807, 2.05) is 44.3 Å². The molecule has 0 saturated heterocycles. The van der Waals surface area contributed by atoms with Crippen LogP contribution in [-0.4, -0.2) is 56.6 Å². The molecule has 2 aromatic heterocycles. The average molecular weight is 464 g/mol. The predicted octanol–water partition coefficient (Wildman–Crippen LogP) is 4.79. The van der Waals surface area contributed by atoms with Gasteiger partial charge in [0.1, 0.15) is 5.75 Å². The molecule has 0 radical (unpaired) electrons. The Balaban J connectivity index is 2.44. The van der Waals surface area contributed by atoms with Crippen molar-refractivity contribution >= 4 is 39.9 Å². The quantitative estimate of drug-likeness (QED) is 0.336. The van der Waals surface area contributed by atoms with E-state index in [4.69, 9.17) is 4.74 Å². The first kappa shape index (κ1) is 24.7. The Hall–Kier alpha value is -3.94. The maximum atomic E-state index is 15.1. The van der Waals surface area contributed by atoms with Crippen LogP contribution in [0.3, 0.4) is 0 Å². The van der Waals surface area contributed by atoms with Gasteiger partial charge >= 0.3 is 0 Å². The van der Waals surface area contributed by atoms with Crippen LogP contribution in [-0.2, 0) is 11.2 Å². The van der Waals surface area contributed by atoms with Crippen LogP contribution in [0.2, 0.25) is 0 Å². The molecule has 0 saturated carbocycles. The Bertz CT molecular complexity index is 1260. The molecule has 2 heterocycles. The van der Waals surface area contributed by atoms with E-state index in [-0.39, 0.29) is 0 Å². The number of rotatable bonds is 9. The van der Waals surface area contributed by atoms with Gasteiger partial charge in [-0.3, -0.25) is 14.8 Å². The standard InChI is InChI=1S/C26H30FN5O2/c1-8-17-12-28-13-21(27)25(17)32(6)26-20-10-19(18(9-2)15-30(3)4)24(34-7)11-22(20)29-14-23(26)31(5)16-33/h9-16H,2,8H2,1,3-7H3/b18-15+. The summed E-state index contributed by atoms with van der Waals surface area (Å²) in [6.07, 6.45) is 9.45. The first-order chi connectivity index (χ1) is 16.3. The summed E-state index contributed by atoms with van der Waals surface area (Å²) in [7, 11) is 8.87. The third-order valence-corrected chi connectivity index (χ3v) is 5.61. The molecule has 0 aliphatic carbocycles. The van der Waals surface area contributed by atoms with Crippen molar-refractivity contribution in [2.24, 2.45) is 0 Å². The minimum absolute atomic E-state index is 0.399. The summed E-state index contributed by atoms with van der Waals surface area (Å²) < 4.78 is 20.7. The number of aryl methyl sites for hydroxylation is 1. The molecule has 1 aromatic carbocycles. The van der Waals surface area contributed by atoms with Gasteiger partial charge in [0.2, 0.25) is 6.41 Å². The van der Waals surface area contributed by atoms with Gasteiger partial charge in [0.05, 0.1) is 42.1 Å². The van der Waals surface area contributed by atoms with Crippen molar-refractivity contribution < 1.29 is 13.9 Å². The maximum Gasteiger partial charge on any atom is 0.213 e. The van der Waals surface area contributed by atoms with Crippen LogP contribution in [0.4, 0.5) is 21.5 Å². The molecule has 178 valence electrons. The van der Waals surface area contributed by atoms with Crippen molar-refractivity contribution in [3.05, 3.63) is 66.5 Å². The smallest absolute Gasteiger partial charge is 0.213 e. The molecule has 3 aromatic rings. The Morgan fingerprint density at radius 2 is 1.88 bits per heavy atom. The number of carbonyl (C=O) groups excluding carboxylic acids is 1. The van der Waals surface area contributed by atoms with Gasteiger partial charge in [-0.1, -0.05) is 19.6 Å². The molecule has 3 rings (SSSR count). The van der Waals surface area contributed by atoms with E-state index >= 15 is 4.39 Å². The molecular formula is C26H30FN5O2. The molecule has 34 heavy (non-hydrogen) atoms. The first-order valence-corrected chi connectivity index (χ1v) is 10.8. The van der Waals surface area contributed by atoms with Crippen LogP contribution < -0.4 is 14.5 Å². The van der Waals surface area contributed by atoms with Gasteiger partial charge < -0.3 is 19.4 Å². The van der Waals surface area contributed by atoms with E-state index in [9.17, 15) is 4.79 Å². The van der Waals surface area contributed by atoms with Gasteiger partial charge in [-0.15, -0.1) is 0 Å². The second-order valence-electron chi connectivity index (χ2n) is 8.07. The van der Waals surface area contributed by atoms with E-state index in [1.165, 1.54) is 11.1 Å². The summed E-state index contributed by atoms with van der Waals surface area (Å²) in [6.45, 7) is 5.90. The van der Waals surface area contributed by atoms with Crippen LogP contribution in [0, 0.1) is 5.82 Å². The number of amides is 1. The van der Waals surface area contributed by atoms with Crippen molar-refractivity contribution in [2.45, 2.75) is 13.3 Å². The number of allylic oxidation sites excluding steroid dienone is 2. The third-order valence-electron chi connectivity index (χ3n) is 5.61. The summed E-state index contributed by atoms with van der Waals surface area (Å²) in [5, 5.41) is 0.731. The first-order valence-electron chi connectivity index (χ1n) is 10.8. The molecule has 0 aliphatic heterocycles. The number of hydrogen-bond donors (Lipinski definition) is 0. The Kier molecular flexibility index (Phi) is 7.50. The molecule has 0 aliphatic rings. The minimum atomic E-state index is -0.445. The van der Waals surface area contributed by atoms with Crippen LogP contribution in [0.15, 0.2) is 49.6 Å². The monoisotopic (exact) mass is 463 g/mol. The van der Waals surface area contributed by atoms with Gasteiger partial charge in [0.15, 0.2) is 5.82 Å². The molecule has 7 nitrogen and oxygen atoms in total. The number of carbonyl (C=O) groups is 1. The highest BCUT2D eigenvalue weighted by molar-refractivity contribution is 6.04. The van der Waals surface area contributed by atoms with Gasteiger partial charge in [-0.2, -0.15) is 0 Å². The Morgan fingerprint density at radius 1 is 1.15 bits per heavy atom. The maximum absolute atomic E-state index is 15.1. The second kappa shape index (κ2) is 10.3.